The second-order valence-electron chi connectivity index (χ2n) is 4.87. The summed E-state index contributed by atoms with van der Waals surface area (Å²) < 4.78 is 21.0. The van der Waals surface area contributed by atoms with Crippen LogP contribution in [-0.4, -0.2) is 11.2 Å². The normalized spacial score (nSPS) is 11.0. The second kappa shape index (κ2) is 5.97. The number of ether oxygens (including phenoxy) is 1. The maximum absolute atomic E-state index is 13.2. The van der Waals surface area contributed by atoms with Gasteiger partial charge in [-0.25, -0.2) is 4.39 Å². The van der Waals surface area contributed by atoms with Gasteiger partial charge in [0.1, 0.15) is 18.2 Å². The molecular formula is C17H17FN2O. The van der Waals surface area contributed by atoms with E-state index in [2.05, 4.69) is 4.57 Å². The number of para-hydroxylation sites is 1. The van der Waals surface area contributed by atoms with E-state index in [1.54, 1.807) is 6.07 Å². The summed E-state index contributed by atoms with van der Waals surface area (Å²) in [5, 5.41) is 0.900. The second-order valence-corrected chi connectivity index (χ2v) is 4.87. The SMILES string of the molecule is NCc1ccccc1OCCn1ccc2cc(F)ccc21. The number of benzene rings is 2. The number of hydrogen-bond acceptors (Lipinski definition) is 2. The van der Waals surface area contributed by atoms with E-state index in [0.717, 1.165) is 22.2 Å². The van der Waals surface area contributed by atoms with Gasteiger partial charge < -0.3 is 15.0 Å². The number of fused-ring (bicyclic) bond motifs is 1. The number of rotatable bonds is 5. The molecule has 0 aliphatic heterocycles. The molecule has 2 aromatic carbocycles. The quantitative estimate of drug-likeness (QED) is 0.780. The molecule has 0 amide bonds. The third kappa shape index (κ3) is 2.90. The molecular weight excluding hydrogens is 267 g/mol. The summed E-state index contributed by atoms with van der Waals surface area (Å²) >= 11 is 0. The first-order chi connectivity index (χ1) is 10.3. The summed E-state index contributed by atoms with van der Waals surface area (Å²) in [5.41, 5.74) is 7.69. The van der Waals surface area contributed by atoms with Crippen molar-refractivity contribution in [2.75, 3.05) is 6.61 Å². The molecule has 21 heavy (non-hydrogen) atoms. The zero-order chi connectivity index (χ0) is 14.7. The number of nitrogens with zero attached hydrogens (tertiary/aromatic N) is 1. The van der Waals surface area contributed by atoms with Crippen molar-refractivity contribution >= 4 is 10.9 Å². The van der Waals surface area contributed by atoms with Crippen LogP contribution in [0.1, 0.15) is 5.56 Å². The van der Waals surface area contributed by atoms with Crippen LogP contribution in [0.4, 0.5) is 4.39 Å². The lowest BCUT2D eigenvalue weighted by Gasteiger charge is -2.11. The van der Waals surface area contributed by atoms with Gasteiger partial charge in [-0.15, -0.1) is 0 Å². The van der Waals surface area contributed by atoms with Gasteiger partial charge in [-0.2, -0.15) is 0 Å². The van der Waals surface area contributed by atoms with Crippen LogP contribution >= 0.6 is 0 Å². The maximum Gasteiger partial charge on any atom is 0.123 e. The summed E-state index contributed by atoms with van der Waals surface area (Å²) in [6, 6.07) is 14.5. The van der Waals surface area contributed by atoms with Gasteiger partial charge in [0.25, 0.3) is 0 Å². The molecule has 108 valence electrons. The van der Waals surface area contributed by atoms with E-state index < -0.39 is 0 Å². The van der Waals surface area contributed by atoms with Crippen molar-refractivity contribution in [2.24, 2.45) is 5.73 Å². The number of aromatic nitrogens is 1. The minimum absolute atomic E-state index is 0.214. The van der Waals surface area contributed by atoms with Crippen molar-refractivity contribution in [2.45, 2.75) is 13.1 Å². The molecule has 0 aliphatic carbocycles. The van der Waals surface area contributed by atoms with Crippen LogP contribution in [0.2, 0.25) is 0 Å². The Morgan fingerprint density at radius 2 is 1.95 bits per heavy atom. The molecule has 1 aromatic heterocycles. The van der Waals surface area contributed by atoms with Crippen molar-refractivity contribution < 1.29 is 9.13 Å². The van der Waals surface area contributed by atoms with E-state index in [1.807, 2.05) is 36.5 Å². The molecule has 0 fully saturated rings. The third-order valence-corrected chi connectivity index (χ3v) is 3.52. The van der Waals surface area contributed by atoms with E-state index in [9.17, 15) is 4.39 Å². The van der Waals surface area contributed by atoms with Crippen molar-refractivity contribution in [3.05, 3.63) is 66.1 Å². The largest absolute Gasteiger partial charge is 0.491 e. The van der Waals surface area contributed by atoms with Crippen LogP contribution in [0.3, 0.4) is 0 Å². The van der Waals surface area contributed by atoms with Crippen LogP contribution in [0.5, 0.6) is 5.75 Å². The van der Waals surface area contributed by atoms with Gasteiger partial charge in [0, 0.05) is 29.2 Å². The average molecular weight is 284 g/mol. The van der Waals surface area contributed by atoms with Gasteiger partial charge in [-0.05, 0) is 30.3 Å². The molecule has 0 radical (unpaired) electrons. The average Bonchev–Trinajstić information content (AvgIpc) is 2.90. The van der Waals surface area contributed by atoms with Crippen molar-refractivity contribution in [3.8, 4) is 5.75 Å². The van der Waals surface area contributed by atoms with E-state index >= 15 is 0 Å². The van der Waals surface area contributed by atoms with Crippen LogP contribution in [0, 0.1) is 5.82 Å². The third-order valence-electron chi connectivity index (χ3n) is 3.52. The summed E-state index contributed by atoms with van der Waals surface area (Å²) in [5.74, 6) is 0.607. The zero-order valence-electron chi connectivity index (χ0n) is 11.6. The Morgan fingerprint density at radius 1 is 1.10 bits per heavy atom. The molecule has 2 N–H and O–H groups in total. The summed E-state index contributed by atoms with van der Waals surface area (Å²) in [6.07, 6.45) is 1.95. The monoisotopic (exact) mass is 284 g/mol. The Kier molecular flexibility index (Phi) is 3.88. The first-order valence-corrected chi connectivity index (χ1v) is 6.93. The molecule has 0 aliphatic rings. The first kappa shape index (κ1) is 13.6. The smallest absolute Gasteiger partial charge is 0.123 e. The Morgan fingerprint density at radius 3 is 2.81 bits per heavy atom. The van der Waals surface area contributed by atoms with Crippen LogP contribution in [-0.2, 0) is 13.1 Å². The highest BCUT2D eigenvalue weighted by Gasteiger charge is 2.04. The van der Waals surface area contributed by atoms with Crippen molar-refractivity contribution in [1.82, 2.24) is 4.57 Å². The van der Waals surface area contributed by atoms with E-state index in [4.69, 9.17) is 10.5 Å². The summed E-state index contributed by atoms with van der Waals surface area (Å²) in [6.45, 7) is 1.70. The fourth-order valence-electron chi connectivity index (χ4n) is 2.43. The molecule has 0 saturated heterocycles. The molecule has 0 unspecified atom stereocenters. The lowest BCUT2D eigenvalue weighted by atomic mass is 10.2. The van der Waals surface area contributed by atoms with Gasteiger partial charge in [-0.3, -0.25) is 0 Å². The highest BCUT2D eigenvalue weighted by atomic mass is 19.1. The van der Waals surface area contributed by atoms with Crippen molar-refractivity contribution in [1.29, 1.82) is 0 Å². The minimum atomic E-state index is -0.214. The molecule has 0 spiro atoms. The lowest BCUT2D eigenvalue weighted by molar-refractivity contribution is 0.297. The van der Waals surface area contributed by atoms with Gasteiger partial charge >= 0.3 is 0 Å². The van der Waals surface area contributed by atoms with Gasteiger partial charge in [0.05, 0.1) is 6.54 Å². The Labute approximate surface area is 122 Å². The van der Waals surface area contributed by atoms with E-state index in [1.165, 1.54) is 12.1 Å². The minimum Gasteiger partial charge on any atom is -0.491 e. The molecule has 0 saturated carbocycles. The highest BCUT2D eigenvalue weighted by Crippen LogP contribution is 2.19. The van der Waals surface area contributed by atoms with E-state index in [0.29, 0.717) is 19.7 Å². The van der Waals surface area contributed by atoms with E-state index in [-0.39, 0.29) is 5.82 Å². The Balaban J connectivity index is 1.69. The van der Waals surface area contributed by atoms with Gasteiger partial charge in [0.15, 0.2) is 0 Å². The molecule has 0 atom stereocenters. The molecule has 3 rings (SSSR count). The fraction of sp³-hybridized carbons (Fsp3) is 0.176. The topological polar surface area (TPSA) is 40.2 Å². The lowest BCUT2D eigenvalue weighted by Crippen LogP contribution is -2.09. The van der Waals surface area contributed by atoms with Gasteiger partial charge in [-0.1, -0.05) is 18.2 Å². The van der Waals surface area contributed by atoms with Crippen LogP contribution in [0.25, 0.3) is 10.9 Å². The molecule has 4 heteroatoms. The van der Waals surface area contributed by atoms with Crippen molar-refractivity contribution in [3.63, 3.8) is 0 Å². The summed E-state index contributed by atoms with van der Waals surface area (Å²) in [7, 11) is 0. The predicted octanol–water partition coefficient (Wildman–Crippen LogP) is 3.32. The number of halogens is 1. The number of nitrogens with two attached hydrogens (primary N) is 1. The van der Waals surface area contributed by atoms with Crippen LogP contribution < -0.4 is 10.5 Å². The molecule has 3 aromatic rings. The molecule has 1 heterocycles. The zero-order valence-corrected chi connectivity index (χ0v) is 11.6. The van der Waals surface area contributed by atoms with Crippen LogP contribution in [0.15, 0.2) is 54.7 Å². The highest BCUT2D eigenvalue weighted by molar-refractivity contribution is 5.80. The Hall–Kier alpha value is -2.33. The molecule has 3 nitrogen and oxygen atoms in total. The maximum atomic E-state index is 13.2. The fourth-order valence-corrected chi connectivity index (χ4v) is 2.43. The predicted molar refractivity (Wildman–Crippen MR) is 81.7 cm³/mol. The Bertz CT molecular complexity index is 751. The standard InChI is InChI=1S/C17H17FN2O/c18-15-5-6-16-13(11-15)7-8-20(16)9-10-21-17-4-2-1-3-14(17)12-19/h1-8,11H,9-10,12,19H2. The van der Waals surface area contributed by atoms with Gasteiger partial charge in [0.2, 0.25) is 0 Å². The summed E-state index contributed by atoms with van der Waals surface area (Å²) in [4.78, 5) is 0. The number of hydrogen-bond donors (Lipinski definition) is 1. The molecule has 0 bridgehead atoms. The first-order valence-electron chi connectivity index (χ1n) is 6.93.